The number of rotatable bonds is 2. The van der Waals surface area contributed by atoms with Crippen LogP contribution in [0.1, 0.15) is 12.2 Å². The molecular weight excluding hydrogens is 218 g/mol. The molecule has 1 aromatic heterocycles. The molecule has 0 aromatic carbocycles. The number of aromatic nitrogens is 2. The summed E-state index contributed by atoms with van der Waals surface area (Å²) in [5.41, 5.74) is 0. The Balaban J connectivity index is 1.98. The fraction of sp³-hybridized carbons (Fsp3) is 0.500. The zero-order valence-corrected chi connectivity index (χ0v) is 8.29. The van der Waals surface area contributed by atoms with Crippen molar-refractivity contribution in [1.82, 2.24) is 14.9 Å². The van der Waals surface area contributed by atoms with Gasteiger partial charge in [0.05, 0.1) is 11.0 Å². The average Bonchev–Trinajstić information content (AvgIpc) is 2.00. The van der Waals surface area contributed by atoms with Crippen molar-refractivity contribution in [3.05, 3.63) is 22.7 Å². The molecule has 0 bridgehead atoms. The summed E-state index contributed by atoms with van der Waals surface area (Å²) in [5, 5.41) is 0. The molecule has 1 aromatic rings. The number of hydrogen-bond acceptors (Lipinski definition) is 3. The van der Waals surface area contributed by atoms with Gasteiger partial charge in [-0.1, -0.05) is 0 Å². The molecule has 0 saturated carbocycles. The summed E-state index contributed by atoms with van der Waals surface area (Å²) in [6, 6.07) is 0. The molecule has 1 fully saturated rings. The summed E-state index contributed by atoms with van der Waals surface area (Å²) in [6.45, 7) is 3.28. The Hall–Kier alpha value is -0.480. The molecule has 64 valence electrons. The van der Waals surface area contributed by atoms with Crippen LogP contribution in [0.4, 0.5) is 0 Å². The highest BCUT2D eigenvalue weighted by Crippen LogP contribution is 2.10. The van der Waals surface area contributed by atoms with E-state index in [1.54, 1.807) is 12.4 Å². The first-order valence-electron chi connectivity index (χ1n) is 4.03. The van der Waals surface area contributed by atoms with Gasteiger partial charge in [0, 0.05) is 12.4 Å². The Morgan fingerprint density at radius 2 is 2.00 bits per heavy atom. The highest BCUT2D eigenvalue weighted by molar-refractivity contribution is 9.10. The van der Waals surface area contributed by atoms with Crippen LogP contribution in [0.15, 0.2) is 16.9 Å². The molecule has 0 aliphatic carbocycles. The molecule has 0 spiro atoms. The molecule has 1 aliphatic heterocycles. The molecule has 4 heteroatoms. The summed E-state index contributed by atoms with van der Waals surface area (Å²) in [7, 11) is 0. The van der Waals surface area contributed by atoms with Crippen molar-refractivity contribution in [2.45, 2.75) is 13.0 Å². The van der Waals surface area contributed by atoms with Crippen LogP contribution >= 0.6 is 15.9 Å². The maximum Gasteiger partial charge on any atom is 0.142 e. The smallest absolute Gasteiger partial charge is 0.142 e. The number of halogens is 1. The van der Waals surface area contributed by atoms with Gasteiger partial charge < -0.3 is 0 Å². The lowest BCUT2D eigenvalue weighted by Gasteiger charge is -2.29. The van der Waals surface area contributed by atoms with Crippen LogP contribution in [0.5, 0.6) is 0 Å². The van der Waals surface area contributed by atoms with E-state index in [0.29, 0.717) is 0 Å². The predicted octanol–water partition coefficient (Wildman–Crippen LogP) is 1.44. The molecule has 1 aliphatic rings. The summed E-state index contributed by atoms with van der Waals surface area (Å²) in [6.07, 6.45) is 4.90. The van der Waals surface area contributed by atoms with E-state index in [-0.39, 0.29) is 0 Å². The van der Waals surface area contributed by atoms with Gasteiger partial charge in [-0.05, 0) is 35.4 Å². The zero-order valence-electron chi connectivity index (χ0n) is 6.70. The second kappa shape index (κ2) is 3.49. The molecule has 0 radical (unpaired) electrons. The molecule has 2 heterocycles. The first-order chi connectivity index (χ1) is 5.84. The molecule has 12 heavy (non-hydrogen) atoms. The second-order valence-corrected chi connectivity index (χ2v) is 3.86. The Morgan fingerprint density at radius 3 is 2.50 bits per heavy atom. The summed E-state index contributed by atoms with van der Waals surface area (Å²) in [4.78, 5) is 10.7. The fourth-order valence-electron chi connectivity index (χ4n) is 1.16. The monoisotopic (exact) mass is 227 g/mol. The van der Waals surface area contributed by atoms with Crippen molar-refractivity contribution in [1.29, 1.82) is 0 Å². The Morgan fingerprint density at radius 1 is 1.33 bits per heavy atom. The quantitative estimate of drug-likeness (QED) is 0.766. The Kier molecular flexibility index (Phi) is 2.37. The van der Waals surface area contributed by atoms with E-state index >= 15 is 0 Å². The molecule has 1 saturated heterocycles. The fourth-order valence-corrected chi connectivity index (χ4v) is 1.37. The molecule has 0 atom stereocenters. The van der Waals surface area contributed by atoms with Crippen molar-refractivity contribution in [3.8, 4) is 0 Å². The van der Waals surface area contributed by atoms with Crippen LogP contribution in [0.3, 0.4) is 0 Å². The van der Waals surface area contributed by atoms with Crippen molar-refractivity contribution >= 4 is 15.9 Å². The van der Waals surface area contributed by atoms with Gasteiger partial charge in [0.25, 0.3) is 0 Å². The molecule has 0 N–H and O–H groups in total. The summed E-state index contributed by atoms with van der Waals surface area (Å²) in [5.74, 6) is 0.915. The van der Waals surface area contributed by atoms with E-state index in [0.717, 1.165) is 16.8 Å². The number of hydrogen-bond donors (Lipinski definition) is 0. The van der Waals surface area contributed by atoms with Crippen LogP contribution in [0, 0.1) is 0 Å². The van der Waals surface area contributed by atoms with Crippen LogP contribution < -0.4 is 0 Å². The normalized spacial score (nSPS) is 17.4. The van der Waals surface area contributed by atoms with E-state index in [1.807, 2.05) is 0 Å². The standard InChI is InChI=1S/C8H10BrN3/c9-7-4-10-8(11-5-7)6-12-2-1-3-12/h4-5H,1-3,6H2. The average molecular weight is 228 g/mol. The van der Waals surface area contributed by atoms with Gasteiger partial charge in [-0.2, -0.15) is 0 Å². The Labute approximate surface area is 80.0 Å². The first-order valence-corrected chi connectivity index (χ1v) is 4.83. The SMILES string of the molecule is Brc1cnc(CN2CCC2)nc1. The third-order valence-electron chi connectivity index (χ3n) is 1.99. The van der Waals surface area contributed by atoms with Crippen molar-refractivity contribution < 1.29 is 0 Å². The Bertz CT molecular complexity index is 256. The summed E-state index contributed by atoms with van der Waals surface area (Å²) < 4.78 is 0.940. The lowest BCUT2D eigenvalue weighted by molar-refractivity contribution is 0.168. The van der Waals surface area contributed by atoms with Crippen LogP contribution in [0.25, 0.3) is 0 Å². The molecule has 2 rings (SSSR count). The molecule has 0 unspecified atom stereocenters. The maximum absolute atomic E-state index is 4.20. The van der Waals surface area contributed by atoms with E-state index in [1.165, 1.54) is 19.5 Å². The third-order valence-corrected chi connectivity index (χ3v) is 2.40. The van der Waals surface area contributed by atoms with Crippen LogP contribution in [-0.4, -0.2) is 28.0 Å². The topological polar surface area (TPSA) is 29.0 Å². The van der Waals surface area contributed by atoms with Crippen LogP contribution in [-0.2, 0) is 6.54 Å². The number of likely N-dealkylation sites (tertiary alicyclic amines) is 1. The van der Waals surface area contributed by atoms with Gasteiger partial charge in [-0.15, -0.1) is 0 Å². The largest absolute Gasteiger partial charge is 0.296 e. The predicted molar refractivity (Wildman–Crippen MR) is 49.6 cm³/mol. The van der Waals surface area contributed by atoms with Crippen molar-refractivity contribution in [2.24, 2.45) is 0 Å². The first kappa shape index (κ1) is 8.13. The second-order valence-electron chi connectivity index (χ2n) is 2.95. The van der Waals surface area contributed by atoms with Gasteiger partial charge >= 0.3 is 0 Å². The van der Waals surface area contributed by atoms with Gasteiger partial charge in [-0.25, -0.2) is 9.97 Å². The van der Waals surface area contributed by atoms with Gasteiger partial charge in [-0.3, -0.25) is 4.90 Å². The van der Waals surface area contributed by atoms with Gasteiger partial charge in [0.1, 0.15) is 5.82 Å². The molecule has 3 nitrogen and oxygen atoms in total. The maximum atomic E-state index is 4.20. The highest BCUT2D eigenvalue weighted by atomic mass is 79.9. The van der Waals surface area contributed by atoms with Gasteiger partial charge in [0.2, 0.25) is 0 Å². The van der Waals surface area contributed by atoms with E-state index in [2.05, 4.69) is 30.8 Å². The molecule has 0 amide bonds. The zero-order chi connectivity index (χ0) is 8.39. The lowest BCUT2D eigenvalue weighted by Crippen LogP contribution is -2.36. The molecular formula is C8H10BrN3. The minimum Gasteiger partial charge on any atom is -0.296 e. The highest BCUT2D eigenvalue weighted by Gasteiger charge is 2.14. The van der Waals surface area contributed by atoms with E-state index in [4.69, 9.17) is 0 Å². The third kappa shape index (κ3) is 1.81. The van der Waals surface area contributed by atoms with Gasteiger partial charge in [0.15, 0.2) is 0 Å². The number of nitrogens with zero attached hydrogens (tertiary/aromatic N) is 3. The van der Waals surface area contributed by atoms with E-state index in [9.17, 15) is 0 Å². The minimum atomic E-state index is 0.896. The van der Waals surface area contributed by atoms with Crippen molar-refractivity contribution in [2.75, 3.05) is 13.1 Å². The minimum absolute atomic E-state index is 0.896. The van der Waals surface area contributed by atoms with E-state index < -0.39 is 0 Å². The summed E-state index contributed by atoms with van der Waals surface area (Å²) >= 11 is 3.30. The lowest BCUT2D eigenvalue weighted by atomic mass is 10.2. The van der Waals surface area contributed by atoms with Crippen molar-refractivity contribution in [3.63, 3.8) is 0 Å². The van der Waals surface area contributed by atoms with Crippen LogP contribution in [0.2, 0.25) is 0 Å².